The third-order valence-electron chi connectivity index (χ3n) is 4.99. The number of furan rings is 1. The second kappa shape index (κ2) is 7.76. The minimum atomic E-state index is -0.215. The fraction of sp³-hybridized carbons (Fsp3) is 0.273. The maximum atomic E-state index is 12.5. The molecule has 4 rings (SSSR count). The smallest absolute Gasteiger partial charge is 0.257 e. The Morgan fingerprint density at radius 1 is 1.11 bits per heavy atom. The average molecular weight is 378 g/mol. The number of benzene rings is 2. The zero-order valence-corrected chi connectivity index (χ0v) is 15.7. The Morgan fingerprint density at radius 2 is 1.93 bits per heavy atom. The molecule has 2 N–H and O–H groups in total. The SMILES string of the molecule is CNC(=O)COc1cccc(NC(=O)Cc2coc3cc4c(cc23)CCC4)c1. The molecular formula is C22H22N2O4. The van der Waals surface area contributed by atoms with E-state index in [-0.39, 0.29) is 24.8 Å². The van der Waals surface area contributed by atoms with Crippen molar-refractivity contribution in [3.8, 4) is 5.75 Å². The predicted octanol–water partition coefficient (Wildman–Crippen LogP) is 3.23. The quantitative estimate of drug-likeness (QED) is 0.690. The minimum absolute atomic E-state index is 0.0702. The lowest BCUT2D eigenvalue weighted by Gasteiger charge is -2.08. The second-order valence-electron chi connectivity index (χ2n) is 6.95. The van der Waals surface area contributed by atoms with Gasteiger partial charge in [-0.05, 0) is 54.7 Å². The van der Waals surface area contributed by atoms with E-state index >= 15 is 0 Å². The van der Waals surface area contributed by atoms with Crippen molar-refractivity contribution >= 4 is 28.5 Å². The number of anilines is 1. The van der Waals surface area contributed by atoms with E-state index in [1.165, 1.54) is 17.5 Å². The number of hydrogen-bond donors (Lipinski definition) is 2. The van der Waals surface area contributed by atoms with Gasteiger partial charge in [-0.15, -0.1) is 0 Å². The van der Waals surface area contributed by atoms with Gasteiger partial charge in [0.15, 0.2) is 6.61 Å². The van der Waals surface area contributed by atoms with Gasteiger partial charge in [-0.2, -0.15) is 0 Å². The molecule has 0 unspecified atom stereocenters. The van der Waals surface area contributed by atoms with E-state index in [0.717, 1.165) is 29.4 Å². The highest BCUT2D eigenvalue weighted by Crippen LogP contribution is 2.30. The van der Waals surface area contributed by atoms with Gasteiger partial charge in [-0.3, -0.25) is 9.59 Å². The molecule has 0 atom stereocenters. The number of hydrogen-bond acceptors (Lipinski definition) is 4. The minimum Gasteiger partial charge on any atom is -0.484 e. The van der Waals surface area contributed by atoms with E-state index in [1.54, 1.807) is 37.6 Å². The molecule has 0 aliphatic heterocycles. The molecule has 0 saturated carbocycles. The van der Waals surface area contributed by atoms with Crippen molar-refractivity contribution in [1.29, 1.82) is 0 Å². The number of amides is 2. The summed E-state index contributed by atoms with van der Waals surface area (Å²) in [7, 11) is 1.55. The lowest BCUT2D eigenvalue weighted by atomic mass is 10.0. The van der Waals surface area contributed by atoms with Crippen molar-refractivity contribution in [2.45, 2.75) is 25.7 Å². The van der Waals surface area contributed by atoms with Crippen LogP contribution in [0.4, 0.5) is 5.69 Å². The Balaban J connectivity index is 1.43. The van der Waals surface area contributed by atoms with Gasteiger partial charge in [-0.1, -0.05) is 6.07 Å². The highest BCUT2D eigenvalue weighted by atomic mass is 16.5. The van der Waals surface area contributed by atoms with Crippen LogP contribution in [-0.4, -0.2) is 25.5 Å². The summed E-state index contributed by atoms with van der Waals surface area (Å²) in [5.74, 6) is 0.171. The van der Waals surface area contributed by atoms with Crippen molar-refractivity contribution in [2.75, 3.05) is 19.0 Å². The zero-order chi connectivity index (χ0) is 19.5. The molecule has 144 valence electrons. The van der Waals surface area contributed by atoms with E-state index in [1.807, 2.05) is 0 Å². The van der Waals surface area contributed by atoms with Crippen molar-refractivity contribution < 1.29 is 18.7 Å². The molecule has 2 amide bonds. The molecule has 1 aliphatic rings. The Morgan fingerprint density at radius 3 is 2.75 bits per heavy atom. The molecule has 6 heteroatoms. The van der Waals surface area contributed by atoms with Crippen molar-refractivity contribution in [3.63, 3.8) is 0 Å². The predicted molar refractivity (Wildman–Crippen MR) is 107 cm³/mol. The topological polar surface area (TPSA) is 80.6 Å². The van der Waals surface area contributed by atoms with E-state index in [9.17, 15) is 9.59 Å². The van der Waals surface area contributed by atoms with Crippen LogP contribution in [0.2, 0.25) is 0 Å². The molecule has 2 aromatic carbocycles. The zero-order valence-electron chi connectivity index (χ0n) is 15.7. The summed E-state index contributed by atoms with van der Waals surface area (Å²) in [4.78, 5) is 23.8. The normalized spacial score (nSPS) is 12.6. The number of nitrogens with one attached hydrogen (secondary N) is 2. The van der Waals surface area contributed by atoms with E-state index in [0.29, 0.717) is 11.4 Å². The van der Waals surface area contributed by atoms with E-state index in [2.05, 4.69) is 22.8 Å². The second-order valence-corrected chi connectivity index (χ2v) is 6.95. The fourth-order valence-corrected chi connectivity index (χ4v) is 3.55. The molecule has 28 heavy (non-hydrogen) atoms. The third-order valence-corrected chi connectivity index (χ3v) is 4.99. The standard InChI is InChI=1S/C22H22N2O4/c1-23-22(26)13-27-18-7-3-6-17(11-18)24-21(25)10-16-12-28-20-9-15-5-2-4-14(15)8-19(16)20/h3,6-9,11-12H,2,4-5,10,13H2,1H3,(H,23,26)(H,24,25). The maximum absolute atomic E-state index is 12.5. The van der Waals surface area contributed by atoms with Gasteiger partial charge in [0.2, 0.25) is 5.91 Å². The first-order valence-corrected chi connectivity index (χ1v) is 9.37. The van der Waals surface area contributed by atoms with Crippen LogP contribution in [0.15, 0.2) is 47.1 Å². The van der Waals surface area contributed by atoms with Gasteiger partial charge in [0.05, 0.1) is 12.7 Å². The Labute approximate surface area is 162 Å². The molecule has 0 spiro atoms. The van der Waals surface area contributed by atoms with Crippen LogP contribution in [0.3, 0.4) is 0 Å². The van der Waals surface area contributed by atoms with Crippen molar-refractivity contribution in [1.82, 2.24) is 5.32 Å². The maximum Gasteiger partial charge on any atom is 0.257 e. The molecule has 0 bridgehead atoms. The van der Waals surface area contributed by atoms with Gasteiger partial charge in [-0.25, -0.2) is 0 Å². The summed E-state index contributed by atoms with van der Waals surface area (Å²) in [6.07, 6.45) is 5.26. The Kier molecular flexibility index (Phi) is 5.02. The third kappa shape index (κ3) is 3.86. The fourth-order valence-electron chi connectivity index (χ4n) is 3.55. The first-order chi connectivity index (χ1) is 13.6. The number of likely N-dealkylation sites (N-methyl/N-ethyl adjacent to an activating group) is 1. The van der Waals surface area contributed by atoms with Crippen LogP contribution in [0, 0.1) is 0 Å². The van der Waals surface area contributed by atoms with Crippen LogP contribution in [-0.2, 0) is 28.9 Å². The molecule has 1 heterocycles. The molecule has 0 saturated heterocycles. The number of ether oxygens (including phenoxy) is 1. The summed E-state index contributed by atoms with van der Waals surface area (Å²) < 4.78 is 11.1. The van der Waals surface area contributed by atoms with Gasteiger partial charge in [0.25, 0.3) is 5.91 Å². The molecular weight excluding hydrogens is 356 g/mol. The monoisotopic (exact) mass is 378 g/mol. The Bertz CT molecular complexity index is 1040. The molecule has 0 fully saturated rings. The van der Waals surface area contributed by atoms with Crippen LogP contribution < -0.4 is 15.4 Å². The number of carbonyl (C=O) groups is 2. The largest absolute Gasteiger partial charge is 0.484 e. The summed E-state index contributed by atoms with van der Waals surface area (Å²) in [5, 5.41) is 6.38. The lowest BCUT2D eigenvalue weighted by Crippen LogP contribution is -2.24. The van der Waals surface area contributed by atoms with Gasteiger partial charge in [0.1, 0.15) is 11.3 Å². The molecule has 3 aromatic rings. The first kappa shape index (κ1) is 18.1. The highest BCUT2D eigenvalue weighted by Gasteiger charge is 2.17. The summed E-state index contributed by atoms with van der Waals surface area (Å²) >= 11 is 0. The van der Waals surface area contributed by atoms with Crippen LogP contribution in [0.5, 0.6) is 5.75 Å². The lowest BCUT2D eigenvalue weighted by molar-refractivity contribution is -0.122. The van der Waals surface area contributed by atoms with Crippen LogP contribution >= 0.6 is 0 Å². The molecule has 6 nitrogen and oxygen atoms in total. The van der Waals surface area contributed by atoms with Crippen LogP contribution in [0.1, 0.15) is 23.1 Å². The van der Waals surface area contributed by atoms with Gasteiger partial charge in [0, 0.05) is 29.8 Å². The Hall–Kier alpha value is -3.28. The number of carbonyl (C=O) groups excluding carboxylic acids is 2. The number of fused-ring (bicyclic) bond motifs is 2. The van der Waals surface area contributed by atoms with E-state index < -0.39 is 0 Å². The molecule has 0 radical (unpaired) electrons. The molecule has 1 aliphatic carbocycles. The van der Waals surface area contributed by atoms with Gasteiger partial charge >= 0.3 is 0 Å². The average Bonchev–Trinajstić information content (AvgIpc) is 3.31. The van der Waals surface area contributed by atoms with Gasteiger partial charge < -0.3 is 19.8 Å². The van der Waals surface area contributed by atoms with Crippen molar-refractivity contribution in [3.05, 3.63) is 59.4 Å². The van der Waals surface area contributed by atoms with Crippen molar-refractivity contribution in [2.24, 2.45) is 0 Å². The molecule has 1 aromatic heterocycles. The number of aryl methyl sites for hydroxylation is 2. The highest BCUT2D eigenvalue weighted by molar-refractivity contribution is 5.95. The van der Waals surface area contributed by atoms with Crippen LogP contribution in [0.25, 0.3) is 11.0 Å². The number of rotatable bonds is 6. The van der Waals surface area contributed by atoms with E-state index in [4.69, 9.17) is 9.15 Å². The summed E-state index contributed by atoms with van der Waals surface area (Å²) in [6, 6.07) is 11.3. The first-order valence-electron chi connectivity index (χ1n) is 9.37. The summed E-state index contributed by atoms with van der Waals surface area (Å²) in [6.45, 7) is -0.0702. The summed E-state index contributed by atoms with van der Waals surface area (Å²) in [5.41, 5.74) is 5.05.